The lowest BCUT2D eigenvalue weighted by Gasteiger charge is -2.09. The Balaban J connectivity index is 1.91. The van der Waals surface area contributed by atoms with Gasteiger partial charge in [-0.1, -0.05) is 33.8 Å². The largest absolute Gasteiger partial charge is 0.475 e. The summed E-state index contributed by atoms with van der Waals surface area (Å²) < 4.78 is 12.8. The van der Waals surface area contributed by atoms with Crippen LogP contribution in [-0.4, -0.2) is 37.1 Å². The zero-order valence-electron chi connectivity index (χ0n) is 14.0. The maximum absolute atomic E-state index is 5.84. The molecule has 0 bridgehead atoms. The van der Waals surface area contributed by atoms with E-state index in [1.807, 2.05) is 6.07 Å². The van der Waals surface area contributed by atoms with Crippen LogP contribution in [0.25, 0.3) is 0 Å². The van der Waals surface area contributed by atoms with Gasteiger partial charge in [-0.3, -0.25) is 0 Å². The highest BCUT2D eigenvalue weighted by atomic mass is 127. The third-order valence-electron chi connectivity index (χ3n) is 4.35. The molecule has 2 atom stereocenters. The van der Waals surface area contributed by atoms with E-state index in [9.17, 15) is 0 Å². The van der Waals surface area contributed by atoms with Crippen molar-refractivity contribution in [2.75, 3.05) is 13.2 Å². The molecule has 124 valence electrons. The second-order valence-electron chi connectivity index (χ2n) is 6.78. The van der Waals surface area contributed by atoms with Crippen molar-refractivity contribution in [2.45, 2.75) is 39.8 Å². The number of nitrogens with zero attached hydrogens (tertiary/aromatic N) is 2. The second-order valence-corrected chi connectivity index (χ2v) is 7.86. The fourth-order valence-electron chi connectivity index (χ4n) is 2.62. The molecule has 0 N–H and O–H groups in total. The molecular formula is C18H23IN2O2. The van der Waals surface area contributed by atoms with Crippen molar-refractivity contribution in [1.29, 1.82) is 0 Å². The number of rotatable bonds is 4. The van der Waals surface area contributed by atoms with E-state index in [0.29, 0.717) is 25.0 Å². The van der Waals surface area contributed by atoms with Gasteiger partial charge in [0.1, 0.15) is 13.2 Å². The average molecular weight is 426 g/mol. The summed E-state index contributed by atoms with van der Waals surface area (Å²) in [4.78, 5) is 9.48. The molecule has 2 aliphatic rings. The molecule has 4 nitrogen and oxygen atoms in total. The van der Waals surface area contributed by atoms with Gasteiger partial charge in [0.15, 0.2) is 0 Å². The predicted molar refractivity (Wildman–Crippen MR) is 101 cm³/mol. The van der Waals surface area contributed by atoms with Crippen LogP contribution in [0.15, 0.2) is 28.2 Å². The van der Waals surface area contributed by atoms with Gasteiger partial charge in [-0.05, 0) is 46.6 Å². The molecule has 0 saturated carbocycles. The van der Waals surface area contributed by atoms with Crippen LogP contribution < -0.4 is 0 Å². The Morgan fingerprint density at radius 3 is 1.70 bits per heavy atom. The minimum atomic E-state index is 0.245. The van der Waals surface area contributed by atoms with Gasteiger partial charge in [0.25, 0.3) is 0 Å². The third kappa shape index (κ3) is 3.39. The smallest absolute Gasteiger partial charge is 0.217 e. The number of hydrogen-bond donors (Lipinski definition) is 0. The van der Waals surface area contributed by atoms with E-state index in [4.69, 9.17) is 19.5 Å². The molecule has 0 unspecified atom stereocenters. The van der Waals surface area contributed by atoms with Crippen LogP contribution in [0.2, 0.25) is 0 Å². The molecule has 1 aromatic rings. The molecule has 0 aromatic heterocycles. The molecule has 2 heterocycles. The molecule has 1 aromatic carbocycles. The van der Waals surface area contributed by atoms with Gasteiger partial charge >= 0.3 is 0 Å². The summed E-state index contributed by atoms with van der Waals surface area (Å²) >= 11 is 2.35. The summed E-state index contributed by atoms with van der Waals surface area (Å²) in [6, 6.07) is 6.63. The van der Waals surface area contributed by atoms with E-state index in [0.717, 1.165) is 26.5 Å². The number of ether oxygens (including phenoxy) is 2. The van der Waals surface area contributed by atoms with Gasteiger partial charge in [-0.2, -0.15) is 0 Å². The van der Waals surface area contributed by atoms with Gasteiger partial charge in [0.2, 0.25) is 11.8 Å². The summed E-state index contributed by atoms with van der Waals surface area (Å²) in [5.41, 5.74) is 2.07. The molecule has 0 saturated heterocycles. The van der Waals surface area contributed by atoms with E-state index in [1.165, 1.54) is 0 Å². The highest BCUT2D eigenvalue weighted by Gasteiger charge is 2.28. The molecule has 23 heavy (non-hydrogen) atoms. The Kier molecular flexibility index (Phi) is 4.94. The number of hydrogen-bond acceptors (Lipinski definition) is 4. The van der Waals surface area contributed by atoms with Crippen LogP contribution in [-0.2, 0) is 9.47 Å². The zero-order chi connectivity index (χ0) is 16.6. The summed E-state index contributed by atoms with van der Waals surface area (Å²) in [5, 5.41) is 0. The van der Waals surface area contributed by atoms with E-state index in [1.54, 1.807) is 0 Å². The molecule has 5 heteroatoms. The van der Waals surface area contributed by atoms with Crippen molar-refractivity contribution in [1.82, 2.24) is 0 Å². The van der Waals surface area contributed by atoms with E-state index in [-0.39, 0.29) is 12.1 Å². The summed E-state index contributed by atoms with van der Waals surface area (Å²) in [6.07, 6.45) is 0. The lowest BCUT2D eigenvalue weighted by Crippen LogP contribution is -2.13. The molecular weight excluding hydrogens is 403 g/mol. The van der Waals surface area contributed by atoms with Crippen LogP contribution in [0, 0.1) is 15.4 Å². The van der Waals surface area contributed by atoms with Crippen molar-refractivity contribution in [3.63, 3.8) is 0 Å². The quantitative estimate of drug-likeness (QED) is 0.686. The summed E-state index contributed by atoms with van der Waals surface area (Å²) in [7, 11) is 0. The fourth-order valence-corrected chi connectivity index (χ4v) is 3.44. The molecule has 0 aliphatic carbocycles. The van der Waals surface area contributed by atoms with Gasteiger partial charge in [0, 0.05) is 3.57 Å². The molecule has 0 radical (unpaired) electrons. The van der Waals surface area contributed by atoms with Crippen LogP contribution in [0.4, 0.5) is 0 Å². The number of aliphatic imine (C=N–C) groups is 2. The molecule has 2 aliphatic heterocycles. The summed E-state index contributed by atoms with van der Waals surface area (Å²) in [6.45, 7) is 10.0. The lowest BCUT2D eigenvalue weighted by atomic mass is 10.1. The second kappa shape index (κ2) is 6.79. The van der Waals surface area contributed by atoms with E-state index >= 15 is 0 Å². The van der Waals surface area contributed by atoms with Crippen molar-refractivity contribution >= 4 is 34.4 Å². The van der Waals surface area contributed by atoms with Crippen molar-refractivity contribution in [2.24, 2.45) is 21.8 Å². The highest BCUT2D eigenvalue weighted by molar-refractivity contribution is 14.1. The standard InChI is InChI=1S/C18H23IN2O2/c1-10(2)14-8-22-17(20-14)12-6-5-7-13(16(12)19)18-21-15(9-23-18)11(3)4/h5-7,10-11,14-15H,8-9H2,1-4H3/t14-,15-/m1/s1. The molecule has 0 amide bonds. The fraction of sp³-hybridized carbons (Fsp3) is 0.556. The normalized spacial score (nSPS) is 23.8. The first-order valence-electron chi connectivity index (χ1n) is 8.17. The molecule has 0 fully saturated rings. The topological polar surface area (TPSA) is 43.2 Å². The van der Waals surface area contributed by atoms with Crippen LogP contribution in [0.3, 0.4) is 0 Å². The molecule has 3 rings (SSSR count). The molecule has 0 spiro atoms. The highest BCUT2D eigenvalue weighted by Crippen LogP contribution is 2.26. The van der Waals surface area contributed by atoms with Gasteiger partial charge in [-0.15, -0.1) is 0 Å². The minimum Gasteiger partial charge on any atom is -0.475 e. The van der Waals surface area contributed by atoms with Gasteiger partial charge < -0.3 is 9.47 Å². The maximum Gasteiger partial charge on any atom is 0.217 e. The lowest BCUT2D eigenvalue weighted by molar-refractivity contribution is 0.291. The first-order valence-corrected chi connectivity index (χ1v) is 9.25. The monoisotopic (exact) mass is 426 g/mol. The number of benzene rings is 1. The average Bonchev–Trinajstić information content (AvgIpc) is 3.17. The first kappa shape index (κ1) is 16.7. The first-order chi connectivity index (χ1) is 11.0. The van der Waals surface area contributed by atoms with Gasteiger partial charge in [-0.25, -0.2) is 9.98 Å². The van der Waals surface area contributed by atoms with E-state index in [2.05, 4.69) is 62.4 Å². The van der Waals surface area contributed by atoms with Crippen LogP contribution in [0.5, 0.6) is 0 Å². The Hall–Kier alpha value is -1.11. The van der Waals surface area contributed by atoms with Crippen molar-refractivity contribution < 1.29 is 9.47 Å². The minimum absolute atomic E-state index is 0.245. The zero-order valence-corrected chi connectivity index (χ0v) is 16.2. The van der Waals surface area contributed by atoms with Crippen molar-refractivity contribution in [3.8, 4) is 0 Å². The van der Waals surface area contributed by atoms with Gasteiger partial charge in [0.05, 0.1) is 23.2 Å². The number of halogens is 1. The Labute approximate surface area is 151 Å². The van der Waals surface area contributed by atoms with Crippen LogP contribution >= 0.6 is 22.6 Å². The maximum atomic E-state index is 5.84. The Morgan fingerprint density at radius 1 is 0.913 bits per heavy atom. The third-order valence-corrected chi connectivity index (χ3v) is 5.51. The Morgan fingerprint density at radius 2 is 1.35 bits per heavy atom. The van der Waals surface area contributed by atoms with E-state index < -0.39 is 0 Å². The SMILES string of the molecule is CC(C)[C@H]1COC(c2cccc(C3=N[C@@H](C(C)C)CO3)c2I)=N1. The van der Waals surface area contributed by atoms with Crippen molar-refractivity contribution in [3.05, 3.63) is 32.9 Å². The summed E-state index contributed by atoms with van der Waals surface area (Å²) in [5.74, 6) is 2.47. The Bertz CT molecular complexity index is 600. The van der Waals surface area contributed by atoms with Crippen LogP contribution in [0.1, 0.15) is 38.8 Å². The predicted octanol–water partition coefficient (Wildman–Crippen LogP) is 3.89.